The number of hydrogen-bond donors (Lipinski definition) is 1. The van der Waals surface area contributed by atoms with Gasteiger partial charge < -0.3 is 10.5 Å². The zero-order chi connectivity index (χ0) is 12.0. The molecule has 0 fully saturated rings. The van der Waals surface area contributed by atoms with Crippen molar-refractivity contribution in [2.45, 2.75) is 25.9 Å². The van der Waals surface area contributed by atoms with Crippen LogP contribution in [0.15, 0.2) is 30.3 Å². The van der Waals surface area contributed by atoms with Crippen LogP contribution in [-0.4, -0.2) is 18.0 Å². The van der Waals surface area contributed by atoms with Crippen molar-refractivity contribution in [2.24, 2.45) is 5.73 Å². The SMILES string of the molecule is C[C@H](OC(=O)CCc1ccccc1)C(N)=O. The van der Waals surface area contributed by atoms with Gasteiger partial charge in [-0.15, -0.1) is 0 Å². The van der Waals surface area contributed by atoms with Crippen molar-refractivity contribution in [3.05, 3.63) is 35.9 Å². The highest BCUT2D eigenvalue weighted by molar-refractivity contribution is 5.81. The Bertz CT molecular complexity index is 362. The molecule has 0 aromatic heterocycles. The predicted octanol–water partition coefficient (Wildman–Crippen LogP) is 1.04. The lowest BCUT2D eigenvalue weighted by Gasteiger charge is -2.09. The number of esters is 1. The first kappa shape index (κ1) is 12.2. The highest BCUT2D eigenvalue weighted by Gasteiger charge is 2.13. The van der Waals surface area contributed by atoms with Gasteiger partial charge in [0.1, 0.15) is 0 Å². The van der Waals surface area contributed by atoms with Crippen LogP contribution in [0.2, 0.25) is 0 Å². The molecule has 0 saturated heterocycles. The summed E-state index contributed by atoms with van der Waals surface area (Å²) < 4.78 is 4.82. The van der Waals surface area contributed by atoms with Gasteiger partial charge in [0.2, 0.25) is 0 Å². The van der Waals surface area contributed by atoms with Crippen LogP contribution >= 0.6 is 0 Å². The number of aryl methyl sites for hydroxylation is 1. The van der Waals surface area contributed by atoms with Crippen molar-refractivity contribution >= 4 is 11.9 Å². The third-order valence-electron chi connectivity index (χ3n) is 2.17. The van der Waals surface area contributed by atoms with Crippen LogP contribution in [0, 0.1) is 0 Å². The maximum atomic E-state index is 11.3. The van der Waals surface area contributed by atoms with Crippen LogP contribution in [0.4, 0.5) is 0 Å². The van der Waals surface area contributed by atoms with E-state index in [1.807, 2.05) is 30.3 Å². The average molecular weight is 221 g/mol. The first-order valence-corrected chi connectivity index (χ1v) is 5.12. The topological polar surface area (TPSA) is 69.4 Å². The van der Waals surface area contributed by atoms with Gasteiger partial charge in [-0.3, -0.25) is 9.59 Å². The highest BCUT2D eigenvalue weighted by atomic mass is 16.5. The quantitative estimate of drug-likeness (QED) is 0.755. The second kappa shape index (κ2) is 5.90. The van der Waals surface area contributed by atoms with Crippen molar-refractivity contribution in [1.82, 2.24) is 0 Å². The van der Waals surface area contributed by atoms with Crippen molar-refractivity contribution < 1.29 is 14.3 Å². The second-order valence-corrected chi connectivity index (χ2v) is 3.52. The van der Waals surface area contributed by atoms with Crippen molar-refractivity contribution in [2.75, 3.05) is 0 Å². The molecule has 0 aliphatic rings. The molecule has 1 rings (SSSR count). The molecule has 0 radical (unpaired) electrons. The number of primary amides is 1. The molecule has 1 atom stereocenters. The van der Waals surface area contributed by atoms with Crippen LogP contribution < -0.4 is 5.73 Å². The molecular formula is C12H15NO3. The summed E-state index contributed by atoms with van der Waals surface area (Å²) in [6.45, 7) is 1.46. The van der Waals surface area contributed by atoms with E-state index >= 15 is 0 Å². The fourth-order valence-corrected chi connectivity index (χ4v) is 1.21. The lowest BCUT2D eigenvalue weighted by molar-refractivity contribution is -0.153. The van der Waals surface area contributed by atoms with Crippen molar-refractivity contribution in [1.29, 1.82) is 0 Å². The van der Waals surface area contributed by atoms with E-state index in [1.165, 1.54) is 6.92 Å². The Morgan fingerprint density at radius 3 is 2.50 bits per heavy atom. The number of ether oxygens (including phenoxy) is 1. The Labute approximate surface area is 94.4 Å². The molecule has 0 unspecified atom stereocenters. The number of amides is 1. The minimum absolute atomic E-state index is 0.252. The zero-order valence-electron chi connectivity index (χ0n) is 9.18. The Hall–Kier alpha value is -1.84. The zero-order valence-corrected chi connectivity index (χ0v) is 9.18. The summed E-state index contributed by atoms with van der Waals surface area (Å²) in [5.41, 5.74) is 6.04. The Morgan fingerprint density at radius 1 is 1.31 bits per heavy atom. The van der Waals surface area contributed by atoms with Gasteiger partial charge in [-0.25, -0.2) is 0 Å². The molecule has 16 heavy (non-hydrogen) atoms. The molecule has 1 amide bonds. The van der Waals surface area contributed by atoms with Crippen LogP contribution in [0.25, 0.3) is 0 Å². The number of benzene rings is 1. The largest absolute Gasteiger partial charge is 0.453 e. The Morgan fingerprint density at radius 2 is 1.94 bits per heavy atom. The van der Waals surface area contributed by atoms with Gasteiger partial charge in [0.15, 0.2) is 6.10 Å². The maximum absolute atomic E-state index is 11.3. The monoisotopic (exact) mass is 221 g/mol. The van der Waals surface area contributed by atoms with Crippen molar-refractivity contribution in [3.63, 3.8) is 0 Å². The first-order chi connectivity index (χ1) is 7.59. The van der Waals surface area contributed by atoms with E-state index in [1.54, 1.807) is 0 Å². The maximum Gasteiger partial charge on any atom is 0.306 e. The molecule has 0 aliphatic heterocycles. The fourth-order valence-electron chi connectivity index (χ4n) is 1.21. The summed E-state index contributed by atoms with van der Waals surface area (Å²) in [4.78, 5) is 22.0. The van der Waals surface area contributed by atoms with Crippen LogP contribution in [-0.2, 0) is 20.7 Å². The van der Waals surface area contributed by atoms with Crippen LogP contribution in [0.1, 0.15) is 18.9 Å². The van der Waals surface area contributed by atoms with Crippen LogP contribution in [0.3, 0.4) is 0 Å². The fraction of sp³-hybridized carbons (Fsp3) is 0.333. The third-order valence-corrected chi connectivity index (χ3v) is 2.17. The summed E-state index contributed by atoms with van der Waals surface area (Å²) in [6, 6.07) is 9.60. The van der Waals surface area contributed by atoms with E-state index in [2.05, 4.69) is 0 Å². The van der Waals surface area contributed by atoms with E-state index in [-0.39, 0.29) is 6.42 Å². The number of carbonyl (C=O) groups excluding carboxylic acids is 2. The summed E-state index contributed by atoms with van der Waals surface area (Å²) in [5, 5.41) is 0. The molecule has 86 valence electrons. The van der Waals surface area contributed by atoms with E-state index in [0.29, 0.717) is 6.42 Å². The predicted molar refractivity (Wildman–Crippen MR) is 59.5 cm³/mol. The second-order valence-electron chi connectivity index (χ2n) is 3.52. The number of nitrogens with two attached hydrogens (primary N) is 1. The lowest BCUT2D eigenvalue weighted by atomic mass is 10.1. The molecule has 0 saturated carbocycles. The standard InChI is InChI=1S/C12H15NO3/c1-9(12(13)15)16-11(14)8-7-10-5-3-2-4-6-10/h2-6,9H,7-8H2,1H3,(H2,13,15)/t9-/m0/s1. The van der Waals surface area contributed by atoms with E-state index in [0.717, 1.165) is 5.56 Å². The molecule has 2 N–H and O–H groups in total. The molecule has 0 aliphatic carbocycles. The summed E-state index contributed by atoms with van der Waals surface area (Å²) in [6.07, 6.45) is -0.00412. The van der Waals surface area contributed by atoms with E-state index in [9.17, 15) is 9.59 Å². The normalized spacial score (nSPS) is 11.8. The summed E-state index contributed by atoms with van der Waals surface area (Å²) in [7, 11) is 0. The van der Waals surface area contributed by atoms with Crippen molar-refractivity contribution in [3.8, 4) is 0 Å². The number of rotatable bonds is 5. The molecule has 4 nitrogen and oxygen atoms in total. The molecule has 0 spiro atoms. The minimum atomic E-state index is -0.858. The average Bonchev–Trinajstić information content (AvgIpc) is 2.27. The van der Waals surface area contributed by atoms with Gasteiger partial charge in [-0.05, 0) is 18.9 Å². The Balaban J connectivity index is 2.33. The smallest absolute Gasteiger partial charge is 0.306 e. The molecule has 1 aromatic carbocycles. The number of hydrogen-bond acceptors (Lipinski definition) is 3. The van der Waals surface area contributed by atoms with E-state index < -0.39 is 18.0 Å². The molecule has 4 heteroatoms. The first-order valence-electron chi connectivity index (χ1n) is 5.12. The highest BCUT2D eigenvalue weighted by Crippen LogP contribution is 2.04. The molecular weight excluding hydrogens is 206 g/mol. The molecule has 1 aromatic rings. The van der Waals surface area contributed by atoms with Crippen LogP contribution in [0.5, 0.6) is 0 Å². The van der Waals surface area contributed by atoms with Gasteiger partial charge in [-0.1, -0.05) is 30.3 Å². The summed E-state index contributed by atoms with van der Waals surface area (Å²) in [5.74, 6) is -1.04. The summed E-state index contributed by atoms with van der Waals surface area (Å²) >= 11 is 0. The number of carbonyl (C=O) groups is 2. The minimum Gasteiger partial charge on any atom is -0.453 e. The molecule has 0 heterocycles. The Kier molecular flexibility index (Phi) is 4.51. The van der Waals surface area contributed by atoms with Gasteiger partial charge in [-0.2, -0.15) is 0 Å². The lowest BCUT2D eigenvalue weighted by Crippen LogP contribution is -2.30. The third kappa shape index (κ3) is 4.13. The van der Waals surface area contributed by atoms with Gasteiger partial charge in [0.25, 0.3) is 5.91 Å². The van der Waals surface area contributed by atoms with E-state index in [4.69, 9.17) is 10.5 Å². The van der Waals surface area contributed by atoms with Gasteiger partial charge in [0.05, 0.1) is 0 Å². The van der Waals surface area contributed by atoms with Gasteiger partial charge in [0, 0.05) is 6.42 Å². The molecule has 0 bridgehead atoms. The van der Waals surface area contributed by atoms with Gasteiger partial charge >= 0.3 is 5.97 Å².